The molecule has 0 radical (unpaired) electrons. The van der Waals surface area contributed by atoms with E-state index in [0.29, 0.717) is 25.0 Å². The van der Waals surface area contributed by atoms with Gasteiger partial charge in [-0.3, -0.25) is 0 Å². The Balaban J connectivity index is 3.76. The van der Waals surface area contributed by atoms with Gasteiger partial charge in [0.15, 0.2) is 0 Å². The first-order valence-electron chi connectivity index (χ1n) is 8.42. The van der Waals surface area contributed by atoms with Gasteiger partial charge in [0.25, 0.3) is 0 Å². The van der Waals surface area contributed by atoms with Crippen LogP contribution in [-0.2, 0) is 9.05 Å². The molecule has 0 aromatic carbocycles. The van der Waals surface area contributed by atoms with E-state index in [-0.39, 0.29) is 0 Å². The Morgan fingerprint density at radius 1 is 0.800 bits per heavy atom. The van der Waals surface area contributed by atoms with Crippen molar-refractivity contribution in [2.75, 3.05) is 13.2 Å². The molecule has 0 saturated carbocycles. The quantitative estimate of drug-likeness (QED) is 0.420. The summed E-state index contributed by atoms with van der Waals surface area (Å²) < 4.78 is 11.0. The molecule has 4 heteroatoms. The fourth-order valence-corrected chi connectivity index (χ4v) is 2.92. The van der Waals surface area contributed by atoms with Gasteiger partial charge in [-0.2, -0.15) is 0 Å². The zero-order valence-electron chi connectivity index (χ0n) is 13.9. The molecule has 2 atom stereocenters. The van der Waals surface area contributed by atoms with E-state index in [0.717, 1.165) is 12.8 Å². The Morgan fingerprint density at radius 3 is 1.50 bits per heavy atom. The van der Waals surface area contributed by atoms with Crippen molar-refractivity contribution in [3.8, 4) is 0 Å². The number of unbranched alkanes of at least 4 members (excludes halogenated alkanes) is 2. The van der Waals surface area contributed by atoms with Crippen LogP contribution in [0.1, 0.15) is 79.1 Å². The van der Waals surface area contributed by atoms with Crippen LogP contribution >= 0.6 is 8.60 Å². The highest BCUT2D eigenvalue weighted by atomic mass is 31.2. The number of hydrogen-bond acceptors (Lipinski definition) is 3. The topological polar surface area (TPSA) is 38.7 Å². The Bertz CT molecular complexity index is 182. The van der Waals surface area contributed by atoms with Crippen LogP contribution in [0.25, 0.3) is 0 Å². The second kappa shape index (κ2) is 14.3. The van der Waals surface area contributed by atoms with Gasteiger partial charge in [-0.25, -0.2) is 0 Å². The van der Waals surface area contributed by atoms with Gasteiger partial charge in [0.2, 0.25) is 0 Å². The molecular weight excluding hydrogens is 271 g/mol. The molecule has 0 amide bonds. The molecule has 1 N–H and O–H groups in total. The molecule has 0 saturated heterocycles. The van der Waals surface area contributed by atoms with E-state index in [1.807, 2.05) is 0 Å². The van der Waals surface area contributed by atoms with Crippen molar-refractivity contribution in [3.05, 3.63) is 0 Å². The molecule has 0 aromatic heterocycles. The molecule has 122 valence electrons. The molecular formula is C16H35O3P. The van der Waals surface area contributed by atoms with Gasteiger partial charge in [-0.1, -0.05) is 66.2 Å². The summed E-state index contributed by atoms with van der Waals surface area (Å²) in [5.41, 5.74) is 0. The Kier molecular flexibility index (Phi) is 14.5. The highest BCUT2D eigenvalue weighted by Crippen LogP contribution is 2.35. The lowest BCUT2D eigenvalue weighted by atomic mass is 10.0. The lowest BCUT2D eigenvalue weighted by molar-refractivity contribution is 0.148. The summed E-state index contributed by atoms with van der Waals surface area (Å²) >= 11 is 0. The van der Waals surface area contributed by atoms with Crippen LogP contribution in [0.4, 0.5) is 0 Å². The highest BCUT2D eigenvalue weighted by molar-refractivity contribution is 7.40. The summed E-state index contributed by atoms with van der Waals surface area (Å²) in [5.74, 6) is 1.11. The molecule has 0 aliphatic heterocycles. The minimum Gasteiger partial charge on any atom is -0.328 e. The van der Waals surface area contributed by atoms with Crippen LogP contribution in [0.15, 0.2) is 0 Å². The first-order chi connectivity index (χ1) is 9.67. The molecule has 0 aliphatic rings. The lowest BCUT2D eigenvalue weighted by Crippen LogP contribution is -2.10. The summed E-state index contributed by atoms with van der Waals surface area (Å²) in [6, 6.07) is 0. The maximum absolute atomic E-state index is 9.81. The molecule has 0 fully saturated rings. The minimum absolute atomic E-state index is 0.553. The van der Waals surface area contributed by atoms with Gasteiger partial charge in [-0.15, -0.1) is 0 Å². The Morgan fingerprint density at radius 2 is 1.20 bits per heavy atom. The monoisotopic (exact) mass is 306 g/mol. The maximum Gasteiger partial charge on any atom is 0.329 e. The van der Waals surface area contributed by atoms with E-state index in [4.69, 9.17) is 9.05 Å². The van der Waals surface area contributed by atoms with Gasteiger partial charge >= 0.3 is 8.60 Å². The average Bonchev–Trinajstić information content (AvgIpc) is 2.47. The Hall–Kier alpha value is 0.310. The largest absolute Gasteiger partial charge is 0.329 e. The van der Waals surface area contributed by atoms with Crippen LogP contribution < -0.4 is 0 Å². The van der Waals surface area contributed by atoms with E-state index >= 15 is 0 Å². The van der Waals surface area contributed by atoms with Crippen LogP contribution in [0.5, 0.6) is 0 Å². The van der Waals surface area contributed by atoms with Gasteiger partial charge in [0.05, 0.1) is 13.2 Å². The minimum atomic E-state index is -1.69. The number of hydrogen-bond donors (Lipinski definition) is 1. The molecule has 2 unspecified atom stereocenters. The predicted molar refractivity (Wildman–Crippen MR) is 87.7 cm³/mol. The fraction of sp³-hybridized carbons (Fsp3) is 1.00. The van der Waals surface area contributed by atoms with Crippen molar-refractivity contribution in [3.63, 3.8) is 0 Å². The smallest absolute Gasteiger partial charge is 0.328 e. The molecule has 20 heavy (non-hydrogen) atoms. The second-order valence-electron chi connectivity index (χ2n) is 5.66. The van der Waals surface area contributed by atoms with Crippen molar-refractivity contribution in [2.24, 2.45) is 11.8 Å². The summed E-state index contributed by atoms with van der Waals surface area (Å²) in [4.78, 5) is 9.81. The molecule has 0 aromatic rings. The van der Waals surface area contributed by atoms with Gasteiger partial charge < -0.3 is 13.9 Å². The standard InChI is InChI=1S/C16H35O3P/c1-5-9-11-15(7-3)13-18-20(17)19-14-16(8-4)12-10-6-2/h15-17H,5-14H2,1-4H3. The third-order valence-electron chi connectivity index (χ3n) is 3.93. The SMILES string of the molecule is CCCCC(CC)COP(O)OCC(CC)CCCC. The highest BCUT2D eigenvalue weighted by Gasteiger charge is 2.14. The normalized spacial score (nSPS) is 16.1. The fourth-order valence-electron chi connectivity index (χ4n) is 2.17. The third kappa shape index (κ3) is 11.0. The van der Waals surface area contributed by atoms with Crippen molar-refractivity contribution >= 4 is 8.60 Å². The zero-order chi connectivity index (χ0) is 15.2. The van der Waals surface area contributed by atoms with Crippen LogP contribution in [0, 0.1) is 11.8 Å². The molecule has 0 heterocycles. The van der Waals surface area contributed by atoms with Gasteiger partial charge in [0.1, 0.15) is 0 Å². The zero-order valence-corrected chi connectivity index (χ0v) is 14.8. The van der Waals surface area contributed by atoms with Crippen molar-refractivity contribution in [1.29, 1.82) is 0 Å². The summed E-state index contributed by atoms with van der Waals surface area (Å²) in [7, 11) is -1.69. The van der Waals surface area contributed by atoms with E-state index in [1.165, 1.54) is 38.5 Å². The third-order valence-corrected chi connectivity index (χ3v) is 4.67. The maximum atomic E-state index is 9.81. The molecule has 0 aliphatic carbocycles. The molecule has 0 bridgehead atoms. The number of rotatable bonds is 14. The first-order valence-corrected chi connectivity index (χ1v) is 9.55. The van der Waals surface area contributed by atoms with Crippen LogP contribution in [0.2, 0.25) is 0 Å². The van der Waals surface area contributed by atoms with Gasteiger partial charge in [0, 0.05) is 0 Å². The van der Waals surface area contributed by atoms with Crippen LogP contribution in [0.3, 0.4) is 0 Å². The predicted octanol–water partition coefficient (Wildman–Crippen LogP) is 5.67. The van der Waals surface area contributed by atoms with Gasteiger partial charge in [-0.05, 0) is 24.7 Å². The lowest BCUT2D eigenvalue weighted by Gasteiger charge is -2.19. The van der Waals surface area contributed by atoms with Crippen molar-refractivity contribution < 1.29 is 13.9 Å². The Labute approximate surface area is 127 Å². The molecule has 0 rings (SSSR count). The summed E-state index contributed by atoms with van der Waals surface area (Å²) in [5, 5.41) is 0. The molecule has 3 nitrogen and oxygen atoms in total. The van der Waals surface area contributed by atoms with E-state index in [2.05, 4.69) is 27.7 Å². The second-order valence-corrected chi connectivity index (χ2v) is 6.65. The van der Waals surface area contributed by atoms with E-state index in [9.17, 15) is 4.89 Å². The van der Waals surface area contributed by atoms with Crippen LogP contribution in [-0.4, -0.2) is 18.1 Å². The first kappa shape index (κ1) is 20.3. The van der Waals surface area contributed by atoms with E-state index < -0.39 is 8.60 Å². The average molecular weight is 306 g/mol. The summed E-state index contributed by atoms with van der Waals surface area (Å²) in [6.07, 6.45) is 9.50. The van der Waals surface area contributed by atoms with Crippen molar-refractivity contribution in [2.45, 2.75) is 79.1 Å². The van der Waals surface area contributed by atoms with Crippen molar-refractivity contribution in [1.82, 2.24) is 0 Å². The summed E-state index contributed by atoms with van der Waals surface area (Å²) in [6.45, 7) is 10.0. The van der Waals surface area contributed by atoms with E-state index in [1.54, 1.807) is 0 Å². The molecule has 0 spiro atoms.